The summed E-state index contributed by atoms with van der Waals surface area (Å²) in [5.74, 6) is -2.01. The molecule has 58 heavy (non-hydrogen) atoms. The van der Waals surface area contributed by atoms with Crippen LogP contribution in [0.3, 0.4) is 0 Å². The predicted molar refractivity (Wildman–Crippen MR) is 228 cm³/mol. The third-order valence-electron chi connectivity index (χ3n) is 10.4. The molecule has 0 aromatic rings. The van der Waals surface area contributed by atoms with Crippen LogP contribution in [-0.2, 0) is 38.7 Å². The van der Waals surface area contributed by atoms with Crippen molar-refractivity contribution in [2.24, 2.45) is 0 Å². The first-order chi connectivity index (χ1) is 28.0. The zero-order chi connectivity index (χ0) is 42.7. The molecule has 338 valence electrons. The summed E-state index contributed by atoms with van der Waals surface area (Å²) >= 11 is 0. The van der Waals surface area contributed by atoms with Crippen molar-refractivity contribution >= 4 is 22.1 Å². The molecule has 1 aliphatic heterocycles. The van der Waals surface area contributed by atoms with Gasteiger partial charge in [-0.05, 0) is 63.5 Å². The van der Waals surface area contributed by atoms with Gasteiger partial charge in [0.1, 0.15) is 36.8 Å². The molecule has 0 aromatic heterocycles. The third-order valence-corrected chi connectivity index (χ3v) is 11.2. The SMILES string of the molecule is C=CCCCCCCCCCCCCCCCC(=O)OC[C@H](CO[C@H]1O[C@H](CS(=O)(=O)O)[C@@H](O)C(O)C1O)OC(=O)CCCCCCCC=C=CCCCCCCC. The second-order valence-electron chi connectivity index (χ2n) is 15.9. The molecule has 1 aliphatic rings. The van der Waals surface area contributed by atoms with Gasteiger partial charge in [0.05, 0.1) is 6.61 Å². The quantitative estimate of drug-likeness (QED) is 0.0152. The van der Waals surface area contributed by atoms with Gasteiger partial charge in [0.25, 0.3) is 10.1 Å². The van der Waals surface area contributed by atoms with Gasteiger partial charge in [-0.25, -0.2) is 0 Å². The van der Waals surface area contributed by atoms with Crippen molar-refractivity contribution in [3.63, 3.8) is 0 Å². The van der Waals surface area contributed by atoms with E-state index in [0.717, 1.165) is 64.2 Å². The molecular weight excluding hydrogens is 765 g/mol. The van der Waals surface area contributed by atoms with Crippen LogP contribution in [0.4, 0.5) is 0 Å². The highest BCUT2D eigenvalue weighted by Gasteiger charge is 2.46. The van der Waals surface area contributed by atoms with Gasteiger partial charge < -0.3 is 34.3 Å². The number of allylic oxidation sites excluding steroid dienone is 2. The number of hydrogen-bond donors (Lipinski definition) is 4. The molecule has 13 heteroatoms. The first-order valence-corrected chi connectivity index (χ1v) is 24.2. The molecule has 1 heterocycles. The molecular formula is C45H80O12S. The van der Waals surface area contributed by atoms with Crippen molar-refractivity contribution in [3.05, 3.63) is 30.5 Å². The van der Waals surface area contributed by atoms with Gasteiger partial charge in [-0.3, -0.25) is 14.1 Å². The molecule has 0 aliphatic carbocycles. The van der Waals surface area contributed by atoms with E-state index in [1.807, 2.05) is 6.08 Å². The maximum absolute atomic E-state index is 12.8. The molecule has 0 bridgehead atoms. The van der Waals surface area contributed by atoms with Gasteiger partial charge in [0.15, 0.2) is 12.4 Å². The van der Waals surface area contributed by atoms with Crippen molar-refractivity contribution in [1.82, 2.24) is 0 Å². The van der Waals surface area contributed by atoms with Crippen LogP contribution in [-0.4, -0.2) is 96.0 Å². The topological polar surface area (TPSA) is 186 Å². The fourth-order valence-corrected chi connectivity index (χ4v) is 7.56. The number of esters is 2. The van der Waals surface area contributed by atoms with Crippen molar-refractivity contribution < 1.29 is 56.8 Å². The Labute approximate surface area is 351 Å². The zero-order valence-electron chi connectivity index (χ0n) is 35.8. The van der Waals surface area contributed by atoms with E-state index in [-0.39, 0.29) is 19.4 Å². The minimum atomic E-state index is -4.60. The fraction of sp³-hybridized carbons (Fsp3) is 0.844. The Kier molecular flexibility index (Phi) is 33.1. The van der Waals surface area contributed by atoms with E-state index in [2.05, 4.69) is 31.4 Å². The van der Waals surface area contributed by atoms with Crippen LogP contribution in [0.25, 0.3) is 0 Å². The Morgan fingerprint density at radius 3 is 1.62 bits per heavy atom. The molecule has 0 aromatic carbocycles. The van der Waals surface area contributed by atoms with Crippen LogP contribution in [0.5, 0.6) is 0 Å². The summed E-state index contributed by atoms with van der Waals surface area (Å²) < 4.78 is 54.0. The molecule has 0 radical (unpaired) electrons. The maximum Gasteiger partial charge on any atom is 0.306 e. The normalized spacial score (nSPS) is 19.9. The Morgan fingerprint density at radius 1 is 0.655 bits per heavy atom. The summed E-state index contributed by atoms with van der Waals surface area (Å²) in [6, 6.07) is 0. The lowest BCUT2D eigenvalue weighted by Gasteiger charge is -2.40. The highest BCUT2D eigenvalue weighted by Crippen LogP contribution is 2.24. The van der Waals surface area contributed by atoms with Crippen LogP contribution in [0.1, 0.15) is 187 Å². The number of carbonyl (C=O) groups excluding carboxylic acids is 2. The lowest BCUT2D eigenvalue weighted by Crippen LogP contribution is -2.60. The summed E-state index contributed by atoms with van der Waals surface area (Å²) in [7, 11) is -4.60. The number of ether oxygens (including phenoxy) is 4. The highest BCUT2D eigenvalue weighted by molar-refractivity contribution is 7.85. The zero-order valence-corrected chi connectivity index (χ0v) is 36.6. The highest BCUT2D eigenvalue weighted by atomic mass is 32.2. The van der Waals surface area contributed by atoms with Crippen LogP contribution in [0.15, 0.2) is 30.5 Å². The first kappa shape index (κ1) is 53.9. The molecule has 1 rings (SSSR count). The summed E-state index contributed by atoms with van der Waals surface area (Å²) in [6.45, 7) is 5.25. The number of hydrogen-bond acceptors (Lipinski definition) is 11. The summed E-state index contributed by atoms with van der Waals surface area (Å²) in [4.78, 5) is 25.4. The Hall–Kier alpha value is -2.09. The Morgan fingerprint density at radius 2 is 1.12 bits per heavy atom. The number of aliphatic hydroxyl groups is 3. The lowest BCUT2D eigenvalue weighted by atomic mass is 10.00. The average molecular weight is 845 g/mol. The van der Waals surface area contributed by atoms with Crippen LogP contribution in [0.2, 0.25) is 0 Å². The van der Waals surface area contributed by atoms with Crippen molar-refractivity contribution in [1.29, 1.82) is 0 Å². The molecule has 1 saturated heterocycles. The van der Waals surface area contributed by atoms with Crippen LogP contribution < -0.4 is 0 Å². The van der Waals surface area contributed by atoms with E-state index in [1.54, 1.807) is 0 Å². The summed E-state index contributed by atoms with van der Waals surface area (Å²) in [5.41, 5.74) is 3.27. The number of rotatable bonds is 38. The predicted octanol–water partition coefficient (Wildman–Crippen LogP) is 8.99. The van der Waals surface area contributed by atoms with Crippen molar-refractivity contribution in [2.75, 3.05) is 19.0 Å². The summed E-state index contributed by atoms with van der Waals surface area (Å²) in [5, 5.41) is 30.9. The number of unbranched alkanes of at least 4 members (excludes halogenated alkanes) is 23. The minimum absolute atomic E-state index is 0.145. The molecule has 0 saturated carbocycles. The molecule has 0 amide bonds. The van der Waals surface area contributed by atoms with Gasteiger partial charge in [-0.1, -0.05) is 129 Å². The second-order valence-corrected chi connectivity index (χ2v) is 17.4. The molecule has 0 spiro atoms. The summed E-state index contributed by atoms with van der Waals surface area (Å²) in [6.07, 6.45) is 26.1. The van der Waals surface area contributed by atoms with Gasteiger partial charge in [-0.15, -0.1) is 12.3 Å². The Balaban J connectivity index is 2.46. The van der Waals surface area contributed by atoms with E-state index < -0.39 is 71.2 Å². The van der Waals surface area contributed by atoms with E-state index in [1.165, 1.54) is 89.9 Å². The lowest BCUT2D eigenvalue weighted by molar-refractivity contribution is -0.297. The smallest absolute Gasteiger partial charge is 0.306 e. The van der Waals surface area contributed by atoms with Crippen molar-refractivity contribution in [2.45, 2.75) is 224 Å². The number of carbonyl (C=O) groups is 2. The fourth-order valence-electron chi connectivity index (χ4n) is 6.87. The van der Waals surface area contributed by atoms with E-state index in [9.17, 15) is 37.9 Å². The monoisotopic (exact) mass is 845 g/mol. The van der Waals surface area contributed by atoms with E-state index in [4.69, 9.17) is 18.9 Å². The van der Waals surface area contributed by atoms with Gasteiger partial charge in [-0.2, -0.15) is 8.42 Å². The average Bonchev–Trinajstić information content (AvgIpc) is 3.18. The molecule has 12 nitrogen and oxygen atoms in total. The van der Waals surface area contributed by atoms with E-state index >= 15 is 0 Å². The first-order valence-electron chi connectivity index (χ1n) is 22.6. The molecule has 2 unspecified atom stereocenters. The van der Waals surface area contributed by atoms with Crippen LogP contribution in [0, 0.1) is 0 Å². The van der Waals surface area contributed by atoms with Gasteiger partial charge >= 0.3 is 11.9 Å². The van der Waals surface area contributed by atoms with Crippen LogP contribution >= 0.6 is 0 Å². The van der Waals surface area contributed by atoms with Gasteiger partial charge in [0, 0.05) is 12.8 Å². The van der Waals surface area contributed by atoms with Crippen molar-refractivity contribution in [3.8, 4) is 0 Å². The Bertz CT molecular complexity index is 1220. The third kappa shape index (κ3) is 30.0. The molecule has 6 atom stereocenters. The largest absolute Gasteiger partial charge is 0.462 e. The van der Waals surface area contributed by atoms with Gasteiger partial charge in [0.2, 0.25) is 0 Å². The standard InChI is InChI=1S/C45H80O12S/c1-3-5-7-9-11-13-15-17-19-21-23-25-27-29-31-33-40(46)54-35-38(36-55-45-44(50)43(49)42(48)39(57-45)37-58(51,52)53)56-41(47)34-32-30-28-26-24-22-20-18-16-14-12-10-8-6-4-2/h3,16,20,38-39,42-45,48-50H,1,4-15,17,19,21-37H2,2H3,(H,51,52,53)/t18?,38-,39-,42-,43?,44?,45+/m1/s1. The molecule has 4 N–H and O–H groups in total. The number of aliphatic hydroxyl groups excluding tert-OH is 3. The maximum atomic E-state index is 12.8. The molecule has 1 fully saturated rings. The second kappa shape index (κ2) is 35.6. The van der Waals surface area contributed by atoms with E-state index in [0.29, 0.717) is 12.8 Å². The minimum Gasteiger partial charge on any atom is -0.462 e.